The van der Waals surface area contributed by atoms with Crippen molar-refractivity contribution in [2.75, 3.05) is 33.4 Å². The minimum absolute atomic E-state index is 0.138. The monoisotopic (exact) mass is 447 g/mol. The Labute approximate surface area is 188 Å². The summed E-state index contributed by atoms with van der Waals surface area (Å²) in [5, 5.41) is 2.10. The second kappa shape index (κ2) is 8.57. The normalized spacial score (nSPS) is 14.5. The van der Waals surface area contributed by atoms with E-state index in [0.717, 1.165) is 29.5 Å². The summed E-state index contributed by atoms with van der Waals surface area (Å²) in [5.41, 5.74) is 1.11. The van der Waals surface area contributed by atoms with Crippen LogP contribution in [0, 0.1) is 0 Å². The van der Waals surface area contributed by atoms with E-state index in [1.54, 1.807) is 10.9 Å². The molecule has 32 heavy (non-hydrogen) atoms. The molecule has 162 valence electrons. The predicted molar refractivity (Wildman–Crippen MR) is 127 cm³/mol. The van der Waals surface area contributed by atoms with E-state index in [9.17, 15) is 9.59 Å². The minimum Gasteiger partial charge on any atom is -0.465 e. The van der Waals surface area contributed by atoms with E-state index in [-0.39, 0.29) is 5.56 Å². The van der Waals surface area contributed by atoms with Crippen molar-refractivity contribution in [3.63, 3.8) is 0 Å². The van der Waals surface area contributed by atoms with Gasteiger partial charge in [-0.1, -0.05) is 36.4 Å². The number of rotatable bonds is 4. The lowest BCUT2D eigenvalue weighted by Gasteiger charge is -2.24. The second-order valence-electron chi connectivity index (χ2n) is 7.37. The van der Waals surface area contributed by atoms with Gasteiger partial charge in [0.25, 0.3) is 5.56 Å². The van der Waals surface area contributed by atoms with Crippen LogP contribution in [-0.4, -0.2) is 55.2 Å². The Morgan fingerprint density at radius 1 is 1.06 bits per heavy atom. The van der Waals surface area contributed by atoms with Crippen LogP contribution in [0.4, 0.5) is 5.69 Å². The number of hydrogen-bond donors (Lipinski definition) is 0. The topological polar surface area (TPSA) is 73.1 Å². The zero-order valence-electron chi connectivity index (χ0n) is 17.5. The largest absolute Gasteiger partial charge is 0.465 e. The van der Waals surface area contributed by atoms with Crippen molar-refractivity contribution in [1.29, 1.82) is 0 Å². The maximum absolute atomic E-state index is 13.5. The molecule has 8 heteroatoms. The number of morpholine rings is 1. The molecule has 2 aromatic carbocycles. The van der Waals surface area contributed by atoms with Crippen molar-refractivity contribution in [3.8, 4) is 5.69 Å². The number of thiophene rings is 1. The number of nitrogens with zero attached hydrogens (tertiary/aromatic N) is 3. The number of para-hydroxylation sites is 1. The average molecular weight is 448 g/mol. The van der Waals surface area contributed by atoms with Gasteiger partial charge in [-0.2, -0.15) is 0 Å². The molecule has 2 aromatic heterocycles. The van der Waals surface area contributed by atoms with Crippen molar-refractivity contribution < 1.29 is 14.3 Å². The molecule has 7 nitrogen and oxygen atoms in total. The summed E-state index contributed by atoms with van der Waals surface area (Å²) in [4.78, 5) is 34.0. The molecule has 0 bridgehead atoms. The van der Waals surface area contributed by atoms with Crippen molar-refractivity contribution in [1.82, 2.24) is 9.47 Å². The van der Waals surface area contributed by atoms with Gasteiger partial charge in [-0.05, 0) is 23.6 Å². The number of fused-ring (bicyclic) bond motifs is 3. The third-order valence-electron chi connectivity index (χ3n) is 5.48. The van der Waals surface area contributed by atoms with Crippen LogP contribution in [0.3, 0.4) is 0 Å². The molecule has 0 atom stereocenters. The summed E-state index contributed by atoms with van der Waals surface area (Å²) in [7, 11) is 1.35. The van der Waals surface area contributed by atoms with Crippen LogP contribution in [0.1, 0.15) is 9.67 Å². The fourth-order valence-corrected chi connectivity index (χ4v) is 5.11. The van der Waals surface area contributed by atoms with Gasteiger partial charge < -0.3 is 14.4 Å². The van der Waals surface area contributed by atoms with E-state index in [2.05, 4.69) is 4.90 Å². The molecule has 0 amide bonds. The highest BCUT2D eigenvalue weighted by Gasteiger charge is 2.25. The molecule has 0 saturated carbocycles. The molecule has 3 heterocycles. The van der Waals surface area contributed by atoms with Crippen LogP contribution in [0.15, 0.2) is 64.4 Å². The SMILES string of the molecule is COC(=O)c1sc2c(c1N=CN1CCOCC1)c1ccccc1c(=O)n2-c1ccccc1. The number of hydrogen-bond acceptors (Lipinski definition) is 6. The number of benzene rings is 2. The highest BCUT2D eigenvalue weighted by atomic mass is 32.1. The fourth-order valence-electron chi connectivity index (χ4n) is 3.91. The first-order valence-electron chi connectivity index (χ1n) is 10.3. The number of carbonyl (C=O) groups excluding carboxylic acids is 1. The lowest BCUT2D eigenvalue weighted by molar-refractivity contribution is 0.0607. The summed E-state index contributed by atoms with van der Waals surface area (Å²) in [5.74, 6) is -0.475. The van der Waals surface area contributed by atoms with Gasteiger partial charge in [-0.25, -0.2) is 9.79 Å². The van der Waals surface area contributed by atoms with Crippen LogP contribution >= 0.6 is 11.3 Å². The number of pyridine rings is 1. The van der Waals surface area contributed by atoms with E-state index < -0.39 is 5.97 Å². The van der Waals surface area contributed by atoms with Crippen molar-refractivity contribution in [2.24, 2.45) is 4.99 Å². The summed E-state index contributed by atoms with van der Waals surface area (Å²) in [6, 6.07) is 16.9. The molecule has 4 aromatic rings. The molecule has 1 aliphatic rings. The van der Waals surface area contributed by atoms with E-state index in [0.29, 0.717) is 34.0 Å². The van der Waals surface area contributed by atoms with Crippen LogP contribution in [0.5, 0.6) is 0 Å². The zero-order valence-corrected chi connectivity index (χ0v) is 18.3. The number of esters is 1. The van der Waals surface area contributed by atoms with Gasteiger partial charge in [0.2, 0.25) is 0 Å². The van der Waals surface area contributed by atoms with Crippen LogP contribution < -0.4 is 5.56 Å². The van der Waals surface area contributed by atoms with Crippen LogP contribution in [0.25, 0.3) is 26.7 Å². The molecule has 1 fully saturated rings. The van der Waals surface area contributed by atoms with E-state index in [1.807, 2.05) is 54.6 Å². The van der Waals surface area contributed by atoms with Gasteiger partial charge in [0.1, 0.15) is 15.4 Å². The summed E-state index contributed by atoms with van der Waals surface area (Å²) < 4.78 is 12.1. The maximum Gasteiger partial charge on any atom is 0.350 e. The first-order valence-corrected chi connectivity index (χ1v) is 11.1. The number of ether oxygens (including phenoxy) is 2. The Kier molecular flexibility index (Phi) is 5.46. The van der Waals surface area contributed by atoms with Crippen LogP contribution in [0.2, 0.25) is 0 Å². The lowest BCUT2D eigenvalue weighted by Crippen LogP contribution is -2.35. The average Bonchev–Trinajstić information content (AvgIpc) is 3.23. The molecule has 0 radical (unpaired) electrons. The molecule has 0 unspecified atom stereocenters. The third kappa shape index (κ3) is 3.47. The Hall–Kier alpha value is -3.49. The van der Waals surface area contributed by atoms with Crippen molar-refractivity contribution in [3.05, 3.63) is 69.8 Å². The predicted octanol–water partition coefficient (Wildman–Crippen LogP) is 3.98. The van der Waals surface area contributed by atoms with Crippen molar-refractivity contribution >= 4 is 50.3 Å². The van der Waals surface area contributed by atoms with E-state index >= 15 is 0 Å². The Bertz CT molecular complexity index is 1390. The second-order valence-corrected chi connectivity index (χ2v) is 8.37. The molecule has 1 aliphatic heterocycles. The summed E-state index contributed by atoms with van der Waals surface area (Å²) in [6.45, 7) is 2.73. The molecular formula is C24H21N3O4S. The first kappa shape index (κ1) is 20.4. The quantitative estimate of drug-likeness (QED) is 0.269. The Morgan fingerprint density at radius 3 is 2.47 bits per heavy atom. The molecule has 5 rings (SSSR count). The molecule has 0 N–H and O–H groups in total. The Balaban J connectivity index is 1.85. The molecule has 0 spiro atoms. The molecule has 0 aliphatic carbocycles. The van der Waals surface area contributed by atoms with Gasteiger partial charge in [0.05, 0.1) is 32.3 Å². The number of aliphatic imine (C=N–C) groups is 1. The fraction of sp³-hybridized carbons (Fsp3) is 0.208. The first-order chi connectivity index (χ1) is 15.7. The highest BCUT2D eigenvalue weighted by molar-refractivity contribution is 7.21. The number of aromatic nitrogens is 1. The minimum atomic E-state index is -0.475. The standard InChI is InChI=1S/C24H21N3O4S/c1-30-24(29)21-20(25-15-26-11-13-31-14-12-26)19-17-9-5-6-10-18(17)22(28)27(23(19)32-21)16-7-3-2-4-8-16/h2-10,15H,11-14H2,1H3. The number of methoxy groups -OCH3 is 1. The maximum atomic E-state index is 13.5. The van der Waals surface area contributed by atoms with E-state index in [1.165, 1.54) is 18.4 Å². The molecule has 1 saturated heterocycles. The van der Waals surface area contributed by atoms with E-state index in [4.69, 9.17) is 14.5 Å². The zero-order chi connectivity index (χ0) is 22.1. The summed E-state index contributed by atoms with van der Waals surface area (Å²) >= 11 is 1.23. The lowest BCUT2D eigenvalue weighted by atomic mass is 10.1. The van der Waals surface area contributed by atoms with Gasteiger partial charge in [-0.3, -0.25) is 9.36 Å². The molecular weight excluding hydrogens is 426 g/mol. The highest BCUT2D eigenvalue weighted by Crippen LogP contribution is 2.42. The summed E-state index contributed by atoms with van der Waals surface area (Å²) in [6.07, 6.45) is 1.75. The van der Waals surface area contributed by atoms with Gasteiger partial charge in [0, 0.05) is 23.9 Å². The van der Waals surface area contributed by atoms with Gasteiger partial charge in [-0.15, -0.1) is 11.3 Å². The number of carbonyl (C=O) groups is 1. The third-order valence-corrected chi connectivity index (χ3v) is 6.62. The van der Waals surface area contributed by atoms with Crippen molar-refractivity contribution in [2.45, 2.75) is 0 Å². The van der Waals surface area contributed by atoms with Crippen LogP contribution in [-0.2, 0) is 9.47 Å². The Morgan fingerprint density at radius 2 is 1.75 bits per heavy atom. The van der Waals surface area contributed by atoms with Gasteiger partial charge >= 0.3 is 5.97 Å². The smallest absolute Gasteiger partial charge is 0.350 e. The van der Waals surface area contributed by atoms with Gasteiger partial charge in [0.15, 0.2) is 0 Å².